The van der Waals surface area contributed by atoms with Crippen molar-refractivity contribution in [1.29, 1.82) is 0 Å². The van der Waals surface area contributed by atoms with Crippen LogP contribution >= 0.6 is 0 Å². The maximum atomic E-state index is 12.9. The van der Waals surface area contributed by atoms with Crippen molar-refractivity contribution in [3.05, 3.63) is 76.4 Å². The van der Waals surface area contributed by atoms with E-state index in [0.29, 0.717) is 5.56 Å². The molecular weight excluding hydrogens is 298 g/mol. The molecule has 0 heterocycles. The summed E-state index contributed by atoms with van der Waals surface area (Å²) in [5.41, 5.74) is 4.56. The molecule has 1 amide bonds. The molecule has 24 heavy (non-hydrogen) atoms. The Morgan fingerprint density at radius 1 is 0.958 bits per heavy atom. The Kier molecular flexibility index (Phi) is 4.34. The molecule has 0 atom stereocenters. The highest BCUT2D eigenvalue weighted by atomic mass is 16.2. The molecule has 0 aromatic heterocycles. The number of benzene rings is 2. The standard InChI is InChI=1S/C21H21NO2/c1-4-14-9-5-6-10-15(14)18-16-11-7-8-12-17(16)20(23)19(18)21(24)22-13(2)3/h5-13H,4H2,1-3H3,(H,22,24). The SMILES string of the molecule is CCc1ccccc1C1=C(C(=O)NC(C)C)C(=O)c2ccccc21. The minimum absolute atomic E-state index is 0.0239. The van der Waals surface area contributed by atoms with Crippen LogP contribution in [0.25, 0.3) is 5.57 Å². The van der Waals surface area contributed by atoms with E-state index >= 15 is 0 Å². The van der Waals surface area contributed by atoms with Gasteiger partial charge in [0, 0.05) is 17.2 Å². The lowest BCUT2D eigenvalue weighted by Crippen LogP contribution is -2.33. The number of Topliss-reactive ketones (excluding diaryl/α,β-unsaturated/α-hetero) is 1. The second-order valence-electron chi connectivity index (χ2n) is 6.26. The van der Waals surface area contributed by atoms with Gasteiger partial charge in [-0.15, -0.1) is 0 Å². The summed E-state index contributed by atoms with van der Waals surface area (Å²) in [7, 11) is 0. The van der Waals surface area contributed by atoms with E-state index in [9.17, 15) is 9.59 Å². The van der Waals surface area contributed by atoms with E-state index in [1.807, 2.05) is 56.3 Å². The van der Waals surface area contributed by atoms with E-state index in [1.54, 1.807) is 6.07 Å². The molecule has 1 aliphatic rings. The van der Waals surface area contributed by atoms with Crippen LogP contribution in [0.5, 0.6) is 0 Å². The first kappa shape index (κ1) is 16.2. The number of carbonyl (C=O) groups excluding carboxylic acids is 2. The lowest BCUT2D eigenvalue weighted by Gasteiger charge is -2.13. The molecule has 0 aliphatic heterocycles. The van der Waals surface area contributed by atoms with Crippen molar-refractivity contribution in [3.8, 4) is 0 Å². The summed E-state index contributed by atoms with van der Waals surface area (Å²) in [6.45, 7) is 5.87. The van der Waals surface area contributed by atoms with E-state index < -0.39 is 0 Å². The molecule has 0 unspecified atom stereocenters. The van der Waals surface area contributed by atoms with Crippen molar-refractivity contribution in [2.45, 2.75) is 33.2 Å². The highest BCUT2D eigenvalue weighted by Gasteiger charge is 2.35. The smallest absolute Gasteiger partial charge is 0.256 e. The summed E-state index contributed by atoms with van der Waals surface area (Å²) < 4.78 is 0. The van der Waals surface area contributed by atoms with Gasteiger partial charge in [-0.25, -0.2) is 0 Å². The highest BCUT2D eigenvalue weighted by molar-refractivity contribution is 6.36. The average Bonchev–Trinajstić information content (AvgIpc) is 2.87. The largest absolute Gasteiger partial charge is 0.350 e. The van der Waals surface area contributed by atoms with Crippen LogP contribution in [0.1, 0.15) is 47.8 Å². The number of ketones is 1. The minimum Gasteiger partial charge on any atom is -0.350 e. The van der Waals surface area contributed by atoms with Gasteiger partial charge in [-0.3, -0.25) is 9.59 Å². The fourth-order valence-electron chi connectivity index (χ4n) is 3.19. The number of nitrogens with one attached hydrogen (secondary N) is 1. The van der Waals surface area contributed by atoms with Gasteiger partial charge in [0.2, 0.25) is 0 Å². The van der Waals surface area contributed by atoms with Crippen molar-refractivity contribution >= 4 is 17.3 Å². The molecule has 0 saturated heterocycles. The third-order valence-corrected chi connectivity index (χ3v) is 4.23. The van der Waals surface area contributed by atoms with Crippen molar-refractivity contribution in [3.63, 3.8) is 0 Å². The first-order chi connectivity index (χ1) is 11.5. The van der Waals surface area contributed by atoms with Gasteiger partial charge in [-0.2, -0.15) is 0 Å². The van der Waals surface area contributed by atoms with Gasteiger partial charge in [0.1, 0.15) is 0 Å². The first-order valence-corrected chi connectivity index (χ1v) is 8.32. The van der Waals surface area contributed by atoms with E-state index in [4.69, 9.17) is 0 Å². The molecule has 2 aromatic carbocycles. The zero-order valence-electron chi connectivity index (χ0n) is 14.2. The lowest BCUT2D eigenvalue weighted by atomic mass is 9.92. The van der Waals surface area contributed by atoms with Crippen molar-refractivity contribution in [2.75, 3.05) is 0 Å². The fourth-order valence-corrected chi connectivity index (χ4v) is 3.19. The van der Waals surface area contributed by atoms with Crippen LogP contribution in [0.15, 0.2) is 54.1 Å². The number of hydrogen-bond donors (Lipinski definition) is 1. The van der Waals surface area contributed by atoms with Gasteiger partial charge in [-0.05, 0) is 37.0 Å². The molecule has 0 bridgehead atoms. The number of hydrogen-bond acceptors (Lipinski definition) is 2. The Morgan fingerprint density at radius 3 is 2.17 bits per heavy atom. The Hall–Kier alpha value is -2.68. The van der Waals surface area contributed by atoms with E-state index in [0.717, 1.165) is 28.7 Å². The van der Waals surface area contributed by atoms with Gasteiger partial charge in [0.25, 0.3) is 5.91 Å². The predicted molar refractivity (Wildman–Crippen MR) is 95.9 cm³/mol. The fraction of sp³-hybridized carbons (Fsp3) is 0.238. The minimum atomic E-state index is -0.299. The van der Waals surface area contributed by atoms with Crippen LogP contribution in [0.3, 0.4) is 0 Å². The molecule has 0 fully saturated rings. The number of amides is 1. The van der Waals surface area contributed by atoms with Gasteiger partial charge >= 0.3 is 0 Å². The molecule has 0 radical (unpaired) electrons. The lowest BCUT2D eigenvalue weighted by molar-refractivity contribution is -0.117. The van der Waals surface area contributed by atoms with Crippen LogP contribution in [0, 0.1) is 0 Å². The molecule has 1 aliphatic carbocycles. The molecule has 3 heteroatoms. The maximum Gasteiger partial charge on any atom is 0.256 e. The second-order valence-corrected chi connectivity index (χ2v) is 6.26. The second kappa shape index (κ2) is 6.44. The number of rotatable bonds is 4. The van der Waals surface area contributed by atoms with Crippen LogP contribution in [0.2, 0.25) is 0 Å². The number of aryl methyl sites for hydroxylation is 1. The highest BCUT2D eigenvalue weighted by Crippen LogP contribution is 2.38. The van der Waals surface area contributed by atoms with Gasteiger partial charge in [-0.1, -0.05) is 55.5 Å². The van der Waals surface area contributed by atoms with E-state index in [1.165, 1.54) is 0 Å². The summed E-state index contributed by atoms with van der Waals surface area (Å²) in [5, 5.41) is 2.87. The average molecular weight is 319 g/mol. The zero-order valence-corrected chi connectivity index (χ0v) is 14.2. The first-order valence-electron chi connectivity index (χ1n) is 8.32. The third kappa shape index (κ3) is 2.67. The van der Waals surface area contributed by atoms with Gasteiger partial charge in [0.05, 0.1) is 5.57 Å². The Balaban J connectivity index is 2.27. The van der Waals surface area contributed by atoms with Gasteiger partial charge in [0.15, 0.2) is 5.78 Å². The van der Waals surface area contributed by atoms with Crippen LogP contribution in [-0.4, -0.2) is 17.7 Å². The van der Waals surface area contributed by atoms with Crippen LogP contribution < -0.4 is 5.32 Å². The predicted octanol–water partition coefficient (Wildman–Crippen LogP) is 3.77. The van der Waals surface area contributed by atoms with Crippen molar-refractivity contribution in [1.82, 2.24) is 5.32 Å². The third-order valence-electron chi connectivity index (χ3n) is 4.23. The molecule has 0 saturated carbocycles. The summed E-state index contributed by atoms with van der Waals surface area (Å²) >= 11 is 0. The Labute approximate surface area is 142 Å². The molecular formula is C21H21NO2. The molecule has 2 aromatic rings. The zero-order chi connectivity index (χ0) is 17.3. The number of fused-ring (bicyclic) bond motifs is 1. The molecule has 0 spiro atoms. The van der Waals surface area contributed by atoms with Crippen molar-refractivity contribution in [2.24, 2.45) is 0 Å². The summed E-state index contributed by atoms with van der Waals surface area (Å²) in [4.78, 5) is 25.6. The topological polar surface area (TPSA) is 46.2 Å². The molecule has 3 nitrogen and oxygen atoms in total. The van der Waals surface area contributed by atoms with Crippen molar-refractivity contribution < 1.29 is 9.59 Å². The van der Waals surface area contributed by atoms with Crippen LogP contribution in [0.4, 0.5) is 0 Å². The van der Waals surface area contributed by atoms with Gasteiger partial charge < -0.3 is 5.32 Å². The normalized spacial score (nSPS) is 13.4. The maximum absolute atomic E-state index is 12.9. The summed E-state index contributed by atoms with van der Waals surface area (Å²) in [5.74, 6) is -0.489. The number of carbonyl (C=O) groups is 2. The Morgan fingerprint density at radius 2 is 1.54 bits per heavy atom. The van der Waals surface area contributed by atoms with E-state index in [-0.39, 0.29) is 23.3 Å². The summed E-state index contributed by atoms with van der Waals surface area (Å²) in [6.07, 6.45) is 0.842. The molecule has 1 N–H and O–H groups in total. The molecule has 122 valence electrons. The Bertz CT molecular complexity index is 846. The summed E-state index contributed by atoms with van der Waals surface area (Å²) in [6, 6.07) is 15.4. The monoisotopic (exact) mass is 319 g/mol. The van der Waals surface area contributed by atoms with Crippen LogP contribution in [-0.2, 0) is 11.2 Å². The quantitative estimate of drug-likeness (QED) is 0.872. The van der Waals surface area contributed by atoms with E-state index in [2.05, 4.69) is 12.2 Å². The molecule has 3 rings (SSSR count).